The summed E-state index contributed by atoms with van der Waals surface area (Å²) < 4.78 is 64.0. The molecule has 3 nitrogen and oxygen atoms in total. The van der Waals surface area contributed by atoms with Crippen molar-refractivity contribution in [1.82, 2.24) is 4.98 Å². The number of halogens is 6. The van der Waals surface area contributed by atoms with Gasteiger partial charge in [0.1, 0.15) is 12.4 Å². The molecule has 0 aliphatic carbocycles. The summed E-state index contributed by atoms with van der Waals surface area (Å²) in [5.41, 5.74) is 0.190. The lowest BCUT2D eigenvalue weighted by Gasteiger charge is -2.21. The van der Waals surface area contributed by atoms with Crippen LogP contribution in [0.5, 0.6) is 11.6 Å². The highest BCUT2D eigenvalue weighted by Crippen LogP contribution is 2.32. The van der Waals surface area contributed by atoms with Crippen LogP contribution in [0.3, 0.4) is 0 Å². The first-order chi connectivity index (χ1) is 11.7. The number of hydrogen-bond acceptors (Lipinski definition) is 3. The van der Waals surface area contributed by atoms with Crippen LogP contribution in [0.15, 0.2) is 30.5 Å². The second-order valence-electron chi connectivity index (χ2n) is 5.16. The second-order valence-corrected chi connectivity index (χ2v) is 6.73. The summed E-state index contributed by atoms with van der Waals surface area (Å²) in [5.74, 6) is -2.00. The summed E-state index contributed by atoms with van der Waals surface area (Å²) in [6.45, 7) is -0.613. The standard InChI is InChI=1S/C16H13ClF4INO2/c1-24-15-6-13(22)14(7-23-15)25-8-10(16(19,20)21)4-9-2-3-11(17)12(18)5-9/h2-3,5-7,10H,4,8H2,1H3/t10-/m1/s1. The van der Waals surface area contributed by atoms with Gasteiger partial charge in [-0.15, -0.1) is 0 Å². The number of ether oxygens (including phenoxy) is 2. The van der Waals surface area contributed by atoms with E-state index in [1.165, 1.54) is 25.4 Å². The number of rotatable bonds is 6. The van der Waals surface area contributed by atoms with E-state index in [1.807, 2.05) is 22.6 Å². The third kappa shape index (κ3) is 5.60. The summed E-state index contributed by atoms with van der Waals surface area (Å²) in [5, 5.41) is -0.137. The lowest BCUT2D eigenvalue weighted by atomic mass is 9.99. The maximum atomic E-state index is 13.4. The number of aromatic nitrogens is 1. The van der Waals surface area contributed by atoms with Gasteiger partial charge in [0.15, 0.2) is 5.75 Å². The van der Waals surface area contributed by atoms with Crippen molar-refractivity contribution in [2.24, 2.45) is 5.92 Å². The van der Waals surface area contributed by atoms with Gasteiger partial charge in [-0.25, -0.2) is 9.37 Å². The van der Waals surface area contributed by atoms with Crippen molar-refractivity contribution in [2.75, 3.05) is 13.7 Å². The van der Waals surface area contributed by atoms with E-state index in [9.17, 15) is 17.6 Å². The van der Waals surface area contributed by atoms with Crippen molar-refractivity contribution < 1.29 is 27.0 Å². The topological polar surface area (TPSA) is 31.4 Å². The fourth-order valence-corrected chi connectivity index (χ4v) is 2.71. The normalized spacial score (nSPS) is 12.8. The van der Waals surface area contributed by atoms with E-state index in [4.69, 9.17) is 21.1 Å². The third-order valence-corrected chi connectivity index (χ3v) is 4.52. The summed E-state index contributed by atoms with van der Waals surface area (Å²) >= 11 is 7.47. The molecule has 0 saturated carbocycles. The van der Waals surface area contributed by atoms with Crippen molar-refractivity contribution in [3.63, 3.8) is 0 Å². The molecule has 136 valence electrons. The largest absolute Gasteiger partial charge is 0.490 e. The van der Waals surface area contributed by atoms with Crippen LogP contribution in [0.2, 0.25) is 5.02 Å². The maximum Gasteiger partial charge on any atom is 0.395 e. The quantitative estimate of drug-likeness (QED) is 0.408. The van der Waals surface area contributed by atoms with Crippen LogP contribution >= 0.6 is 34.2 Å². The molecule has 25 heavy (non-hydrogen) atoms. The first kappa shape index (κ1) is 20.0. The minimum absolute atomic E-state index is 0.137. The Balaban J connectivity index is 2.12. The molecule has 0 aliphatic rings. The summed E-state index contributed by atoms with van der Waals surface area (Å²) in [6.07, 6.45) is -3.62. The zero-order valence-electron chi connectivity index (χ0n) is 12.9. The predicted octanol–water partition coefficient (Wildman–Crippen LogP) is 5.29. The minimum atomic E-state index is -4.50. The Hall–Kier alpha value is -1.29. The SMILES string of the molecule is COc1cc(I)c(OC[C@@H](Cc2ccc(Cl)c(F)c2)C(F)(F)F)cn1. The van der Waals surface area contributed by atoms with Gasteiger partial charge in [-0.1, -0.05) is 17.7 Å². The Morgan fingerprint density at radius 3 is 2.56 bits per heavy atom. The second kappa shape index (κ2) is 8.39. The fourth-order valence-electron chi connectivity index (χ4n) is 2.03. The number of methoxy groups -OCH3 is 1. The number of pyridine rings is 1. The summed E-state index contributed by atoms with van der Waals surface area (Å²) in [6, 6.07) is 5.15. The number of benzene rings is 1. The molecule has 0 radical (unpaired) electrons. The molecule has 1 atom stereocenters. The highest BCUT2D eigenvalue weighted by molar-refractivity contribution is 14.1. The zero-order valence-corrected chi connectivity index (χ0v) is 15.8. The monoisotopic (exact) mass is 489 g/mol. The molecule has 0 amide bonds. The lowest BCUT2D eigenvalue weighted by Crippen LogP contribution is -2.30. The molecular weight excluding hydrogens is 477 g/mol. The van der Waals surface area contributed by atoms with Crippen molar-refractivity contribution >= 4 is 34.2 Å². The fraction of sp³-hybridized carbons (Fsp3) is 0.312. The van der Waals surface area contributed by atoms with Crippen molar-refractivity contribution in [1.29, 1.82) is 0 Å². The van der Waals surface area contributed by atoms with E-state index in [0.717, 1.165) is 6.07 Å². The molecule has 9 heteroatoms. The van der Waals surface area contributed by atoms with Crippen molar-refractivity contribution in [3.05, 3.63) is 50.4 Å². The van der Waals surface area contributed by atoms with Crippen LogP contribution in [0.1, 0.15) is 5.56 Å². The van der Waals surface area contributed by atoms with Gasteiger partial charge >= 0.3 is 6.18 Å². The van der Waals surface area contributed by atoms with Gasteiger partial charge < -0.3 is 9.47 Å². The van der Waals surface area contributed by atoms with E-state index in [0.29, 0.717) is 9.45 Å². The Kier molecular flexibility index (Phi) is 6.72. The molecule has 2 aromatic rings. The lowest BCUT2D eigenvalue weighted by molar-refractivity contribution is -0.181. The number of nitrogens with zero attached hydrogens (tertiary/aromatic N) is 1. The number of hydrogen-bond donors (Lipinski definition) is 0. The molecule has 1 aromatic heterocycles. The van der Waals surface area contributed by atoms with Gasteiger partial charge in [0.2, 0.25) is 5.88 Å². The Morgan fingerprint density at radius 1 is 1.28 bits per heavy atom. The summed E-state index contributed by atoms with van der Waals surface area (Å²) in [4.78, 5) is 3.91. The van der Waals surface area contributed by atoms with Gasteiger partial charge in [-0.05, 0) is 46.7 Å². The van der Waals surface area contributed by atoms with Crippen LogP contribution in [-0.4, -0.2) is 24.9 Å². The van der Waals surface area contributed by atoms with Gasteiger partial charge in [-0.3, -0.25) is 0 Å². The molecule has 0 unspecified atom stereocenters. The maximum absolute atomic E-state index is 13.4. The van der Waals surface area contributed by atoms with E-state index in [2.05, 4.69) is 4.98 Å². The molecule has 0 bridgehead atoms. The first-order valence-electron chi connectivity index (χ1n) is 7.03. The van der Waals surface area contributed by atoms with Crippen LogP contribution in [0.4, 0.5) is 17.6 Å². The van der Waals surface area contributed by atoms with E-state index in [-0.39, 0.29) is 16.3 Å². The highest BCUT2D eigenvalue weighted by Gasteiger charge is 2.40. The molecule has 0 aliphatic heterocycles. The zero-order chi connectivity index (χ0) is 18.6. The molecule has 1 heterocycles. The predicted molar refractivity (Wildman–Crippen MR) is 93.7 cm³/mol. The van der Waals surface area contributed by atoms with Crippen LogP contribution in [0.25, 0.3) is 0 Å². The Morgan fingerprint density at radius 2 is 2.00 bits per heavy atom. The Bertz CT molecular complexity index is 743. The minimum Gasteiger partial charge on any atom is -0.490 e. The Labute approximate surface area is 160 Å². The molecular formula is C16H13ClF4INO2. The summed E-state index contributed by atoms with van der Waals surface area (Å²) in [7, 11) is 1.43. The van der Waals surface area contributed by atoms with E-state index in [1.54, 1.807) is 6.07 Å². The molecule has 1 aromatic carbocycles. The highest BCUT2D eigenvalue weighted by atomic mass is 127. The smallest absolute Gasteiger partial charge is 0.395 e. The van der Waals surface area contributed by atoms with E-state index >= 15 is 0 Å². The molecule has 0 N–H and O–H groups in total. The van der Waals surface area contributed by atoms with Gasteiger partial charge in [0, 0.05) is 6.07 Å². The van der Waals surface area contributed by atoms with E-state index < -0.39 is 30.9 Å². The average molecular weight is 490 g/mol. The molecule has 0 saturated heterocycles. The molecule has 0 spiro atoms. The molecule has 0 fully saturated rings. The van der Waals surface area contributed by atoms with Crippen LogP contribution in [-0.2, 0) is 6.42 Å². The van der Waals surface area contributed by atoms with Crippen molar-refractivity contribution in [2.45, 2.75) is 12.6 Å². The average Bonchev–Trinajstić information content (AvgIpc) is 2.54. The van der Waals surface area contributed by atoms with Gasteiger partial charge in [-0.2, -0.15) is 13.2 Å². The van der Waals surface area contributed by atoms with Crippen molar-refractivity contribution in [3.8, 4) is 11.6 Å². The van der Waals surface area contributed by atoms with Crippen LogP contribution in [0, 0.1) is 15.3 Å². The molecule has 2 rings (SSSR count). The number of alkyl halides is 3. The van der Waals surface area contributed by atoms with Gasteiger partial charge in [0.05, 0.1) is 27.8 Å². The van der Waals surface area contributed by atoms with Gasteiger partial charge in [0.25, 0.3) is 0 Å². The van der Waals surface area contributed by atoms with Crippen LogP contribution < -0.4 is 9.47 Å². The third-order valence-electron chi connectivity index (χ3n) is 3.37. The first-order valence-corrected chi connectivity index (χ1v) is 8.49.